The second kappa shape index (κ2) is 12.0. The van der Waals surface area contributed by atoms with Crippen LogP contribution in [0.25, 0.3) is 0 Å². The number of carbonyl (C=O) groups is 2. The fraction of sp³-hybridized carbons (Fsp3) is 0.417. The predicted octanol–water partition coefficient (Wildman–Crippen LogP) is 5.40. The van der Waals surface area contributed by atoms with E-state index in [1.807, 2.05) is 39.8 Å². The summed E-state index contributed by atoms with van der Waals surface area (Å²) in [6.07, 6.45) is 1.30. The Bertz CT molecular complexity index is 887. The van der Waals surface area contributed by atoms with Crippen LogP contribution in [0.2, 0.25) is 10.0 Å². The van der Waals surface area contributed by atoms with Crippen LogP contribution in [-0.2, 0) is 16.1 Å². The number of aryl methyl sites for hydroxylation is 1. The molecule has 5 nitrogen and oxygen atoms in total. The number of ether oxygens (including phenoxy) is 1. The maximum atomic E-state index is 13.2. The number of halogens is 2. The van der Waals surface area contributed by atoms with Crippen LogP contribution < -0.4 is 10.1 Å². The molecule has 168 valence electrons. The van der Waals surface area contributed by atoms with Crippen LogP contribution in [-0.4, -0.2) is 35.4 Å². The molecule has 0 aliphatic rings. The number of amides is 2. The van der Waals surface area contributed by atoms with Gasteiger partial charge in [0.15, 0.2) is 6.61 Å². The molecule has 0 unspecified atom stereocenters. The molecule has 0 saturated carbocycles. The number of rotatable bonds is 10. The molecule has 1 N–H and O–H groups in total. The van der Waals surface area contributed by atoms with Gasteiger partial charge in [-0.2, -0.15) is 0 Å². The van der Waals surface area contributed by atoms with Crippen LogP contribution in [0.3, 0.4) is 0 Å². The molecule has 0 spiro atoms. The van der Waals surface area contributed by atoms with E-state index in [0.717, 1.165) is 17.5 Å². The standard InChI is InChI=1S/C24H30Cl2N2O3/c1-5-17(4)27-24(30)22(6-2)28(14-18-7-9-19(25)10-8-18)23(29)15-31-20-11-12-21(26)16(3)13-20/h7-13,17,22H,5-6,14-15H2,1-4H3,(H,27,30)/t17-,22-/m1/s1. The minimum Gasteiger partial charge on any atom is -0.484 e. The van der Waals surface area contributed by atoms with Crippen molar-refractivity contribution in [2.24, 2.45) is 0 Å². The molecular weight excluding hydrogens is 435 g/mol. The number of hydrogen-bond acceptors (Lipinski definition) is 3. The van der Waals surface area contributed by atoms with Crippen LogP contribution >= 0.6 is 23.2 Å². The molecule has 0 heterocycles. The van der Waals surface area contributed by atoms with Gasteiger partial charge in [0, 0.05) is 22.6 Å². The Labute approximate surface area is 194 Å². The van der Waals surface area contributed by atoms with Crippen LogP contribution in [0.1, 0.15) is 44.7 Å². The van der Waals surface area contributed by atoms with Crippen LogP contribution in [0.5, 0.6) is 5.75 Å². The second-order valence-corrected chi connectivity index (χ2v) is 8.43. The van der Waals surface area contributed by atoms with E-state index in [-0.39, 0.29) is 31.0 Å². The van der Waals surface area contributed by atoms with E-state index >= 15 is 0 Å². The number of nitrogens with one attached hydrogen (secondary N) is 1. The summed E-state index contributed by atoms with van der Waals surface area (Å²) in [4.78, 5) is 27.7. The highest BCUT2D eigenvalue weighted by Gasteiger charge is 2.29. The number of hydrogen-bond donors (Lipinski definition) is 1. The summed E-state index contributed by atoms with van der Waals surface area (Å²) in [6.45, 7) is 7.82. The summed E-state index contributed by atoms with van der Waals surface area (Å²) in [5.74, 6) is 0.119. The first-order valence-corrected chi connectivity index (χ1v) is 11.2. The van der Waals surface area contributed by atoms with Gasteiger partial charge in [-0.3, -0.25) is 9.59 Å². The van der Waals surface area contributed by atoms with Gasteiger partial charge in [-0.1, -0.05) is 49.2 Å². The maximum absolute atomic E-state index is 13.2. The Morgan fingerprint density at radius 3 is 2.32 bits per heavy atom. The van der Waals surface area contributed by atoms with Crippen molar-refractivity contribution in [3.8, 4) is 5.75 Å². The quantitative estimate of drug-likeness (QED) is 0.511. The zero-order valence-electron chi connectivity index (χ0n) is 18.5. The van der Waals surface area contributed by atoms with Crippen LogP contribution in [0.15, 0.2) is 42.5 Å². The van der Waals surface area contributed by atoms with Crippen LogP contribution in [0.4, 0.5) is 0 Å². The average molecular weight is 465 g/mol. The van der Waals surface area contributed by atoms with E-state index in [9.17, 15) is 9.59 Å². The number of benzene rings is 2. The highest BCUT2D eigenvalue weighted by Crippen LogP contribution is 2.21. The zero-order valence-corrected chi connectivity index (χ0v) is 20.0. The fourth-order valence-corrected chi connectivity index (χ4v) is 3.33. The third kappa shape index (κ3) is 7.44. The number of nitrogens with zero attached hydrogens (tertiary/aromatic N) is 1. The van der Waals surface area contributed by atoms with Crippen molar-refractivity contribution in [1.29, 1.82) is 0 Å². The highest BCUT2D eigenvalue weighted by atomic mass is 35.5. The topological polar surface area (TPSA) is 58.6 Å². The van der Waals surface area contributed by atoms with Gasteiger partial charge in [-0.15, -0.1) is 0 Å². The van der Waals surface area contributed by atoms with Gasteiger partial charge < -0.3 is 15.0 Å². The normalized spacial score (nSPS) is 12.7. The summed E-state index contributed by atoms with van der Waals surface area (Å²) in [5.41, 5.74) is 1.75. The molecule has 2 rings (SSSR count). The molecule has 0 saturated heterocycles. The molecule has 2 aromatic rings. The van der Waals surface area contributed by atoms with Gasteiger partial charge in [-0.05, 0) is 68.1 Å². The molecular formula is C24H30Cl2N2O3. The third-order valence-electron chi connectivity index (χ3n) is 5.14. The van der Waals surface area contributed by atoms with Crippen molar-refractivity contribution in [1.82, 2.24) is 10.2 Å². The fourth-order valence-electron chi connectivity index (χ4n) is 3.08. The van der Waals surface area contributed by atoms with E-state index in [2.05, 4.69) is 5.32 Å². The average Bonchev–Trinajstić information content (AvgIpc) is 2.75. The Balaban J connectivity index is 2.21. The maximum Gasteiger partial charge on any atom is 0.261 e. The second-order valence-electron chi connectivity index (χ2n) is 7.59. The van der Waals surface area contributed by atoms with E-state index in [1.54, 1.807) is 35.2 Å². The van der Waals surface area contributed by atoms with Crippen molar-refractivity contribution in [3.63, 3.8) is 0 Å². The summed E-state index contributed by atoms with van der Waals surface area (Å²) in [6, 6.07) is 11.9. The molecule has 2 aromatic carbocycles. The Morgan fingerprint density at radius 2 is 1.74 bits per heavy atom. The molecule has 7 heteroatoms. The Kier molecular flexibility index (Phi) is 9.66. The van der Waals surface area contributed by atoms with Crippen LogP contribution in [0, 0.1) is 6.92 Å². The molecule has 0 bridgehead atoms. The third-order valence-corrected chi connectivity index (χ3v) is 5.82. The highest BCUT2D eigenvalue weighted by molar-refractivity contribution is 6.31. The van der Waals surface area contributed by atoms with Gasteiger partial charge in [0.05, 0.1) is 0 Å². The number of carbonyl (C=O) groups excluding carboxylic acids is 2. The minimum absolute atomic E-state index is 0.0299. The molecule has 0 fully saturated rings. The Morgan fingerprint density at radius 1 is 1.06 bits per heavy atom. The van der Waals surface area contributed by atoms with Gasteiger partial charge in [-0.25, -0.2) is 0 Å². The molecule has 2 atom stereocenters. The summed E-state index contributed by atoms with van der Waals surface area (Å²) >= 11 is 12.1. The summed E-state index contributed by atoms with van der Waals surface area (Å²) in [7, 11) is 0. The van der Waals surface area contributed by atoms with Gasteiger partial charge >= 0.3 is 0 Å². The van der Waals surface area contributed by atoms with E-state index in [4.69, 9.17) is 27.9 Å². The van der Waals surface area contributed by atoms with E-state index < -0.39 is 6.04 Å². The predicted molar refractivity (Wildman–Crippen MR) is 126 cm³/mol. The monoisotopic (exact) mass is 464 g/mol. The van der Waals surface area contributed by atoms with Crippen molar-refractivity contribution >= 4 is 35.0 Å². The lowest BCUT2D eigenvalue weighted by Gasteiger charge is -2.31. The lowest BCUT2D eigenvalue weighted by atomic mass is 10.1. The van der Waals surface area contributed by atoms with Gasteiger partial charge in [0.1, 0.15) is 11.8 Å². The smallest absolute Gasteiger partial charge is 0.261 e. The molecule has 0 radical (unpaired) electrons. The largest absolute Gasteiger partial charge is 0.484 e. The zero-order chi connectivity index (χ0) is 23.0. The van der Waals surface area contributed by atoms with Crippen molar-refractivity contribution in [2.75, 3.05) is 6.61 Å². The first kappa shape index (κ1) is 25.0. The molecule has 0 aromatic heterocycles. The minimum atomic E-state index is -0.604. The first-order chi connectivity index (χ1) is 14.7. The van der Waals surface area contributed by atoms with Gasteiger partial charge in [0.25, 0.3) is 5.91 Å². The SMILES string of the molecule is CC[C@@H](C)NC(=O)[C@@H](CC)N(Cc1ccc(Cl)cc1)C(=O)COc1ccc(Cl)c(C)c1. The summed E-state index contributed by atoms with van der Waals surface area (Å²) < 4.78 is 5.72. The Hall–Kier alpha value is -2.24. The first-order valence-electron chi connectivity index (χ1n) is 10.5. The van der Waals surface area contributed by atoms with E-state index in [0.29, 0.717) is 22.2 Å². The van der Waals surface area contributed by atoms with Crippen molar-refractivity contribution in [2.45, 2.75) is 59.2 Å². The van der Waals surface area contributed by atoms with Crippen molar-refractivity contribution < 1.29 is 14.3 Å². The molecule has 0 aliphatic heterocycles. The molecule has 2 amide bonds. The molecule has 31 heavy (non-hydrogen) atoms. The lowest BCUT2D eigenvalue weighted by Crippen LogP contribution is -2.51. The molecule has 0 aliphatic carbocycles. The lowest BCUT2D eigenvalue weighted by molar-refractivity contribution is -0.143. The van der Waals surface area contributed by atoms with Gasteiger partial charge in [0.2, 0.25) is 5.91 Å². The van der Waals surface area contributed by atoms with E-state index in [1.165, 1.54) is 0 Å². The van der Waals surface area contributed by atoms with Crippen molar-refractivity contribution in [3.05, 3.63) is 63.6 Å². The summed E-state index contributed by atoms with van der Waals surface area (Å²) in [5, 5.41) is 4.24.